The minimum absolute atomic E-state index is 0.506. The lowest BCUT2D eigenvalue weighted by molar-refractivity contribution is 0.178. The number of nitrogens with two attached hydrogens (primary N) is 1. The number of hydrogen-bond acceptors (Lipinski definition) is 7. The van der Waals surface area contributed by atoms with Gasteiger partial charge in [0.15, 0.2) is 11.6 Å². The van der Waals surface area contributed by atoms with Crippen molar-refractivity contribution in [2.45, 2.75) is 0 Å². The van der Waals surface area contributed by atoms with Crippen LogP contribution < -0.4 is 16.5 Å². The van der Waals surface area contributed by atoms with E-state index in [4.69, 9.17) is 5.73 Å². The zero-order valence-corrected chi connectivity index (χ0v) is 14.5. The normalized spacial score (nSPS) is 16.3. The fraction of sp³-hybridized carbons (Fsp3) is 0.333. The van der Waals surface area contributed by atoms with Gasteiger partial charge >= 0.3 is 0 Å². The number of anilines is 4. The summed E-state index contributed by atoms with van der Waals surface area (Å²) in [6.45, 7) is 3.88. The number of nitrogen functional groups attached to an aromatic ring is 1. The van der Waals surface area contributed by atoms with Gasteiger partial charge in [-0.3, -0.25) is 0 Å². The molecule has 0 saturated carbocycles. The van der Waals surface area contributed by atoms with E-state index in [0.29, 0.717) is 17.3 Å². The van der Waals surface area contributed by atoms with Crippen LogP contribution in [-0.2, 0) is 0 Å². The van der Waals surface area contributed by atoms with Crippen molar-refractivity contribution in [3.8, 4) is 0 Å². The third-order valence-electron chi connectivity index (χ3n) is 3.74. The topological polar surface area (TPSA) is 82.3 Å². The number of halogens is 1. The fourth-order valence-electron chi connectivity index (χ4n) is 2.36. The Morgan fingerprint density at radius 1 is 1.13 bits per heavy atom. The predicted molar refractivity (Wildman–Crippen MR) is 96.6 cm³/mol. The summed E-state index contributed by atoms with van der Waals surface area (Å²) in [6, 6.07) is 7.84. The molecule has 1 aliphatic rings. The molecule has 3 rings (SSSR count). The molecular weight excluding hydrogens is 358 g/mol. The molecule has 2 aromatic rings. The van der Waals surface area contributed by atoms with Crippen LogP contribution in [0.25, 0.3) is 0 Å². The molecule has 23 heavy (non-hydrogen) atoms. The van der Waals surface area contributed by atoms with Crippen LogP contribution in [0, 0.1) is 0 Å². The number of benzene rings is 1. The van der Waals surface area contributed by atoms with Gasteiger partial charge in [0, 0.05) is 36.3 Å². The van der Waals surface area contributed by atoms with Crippen LogP contribution in [0.1, 0.15) is 0 Å². The quantitative estimate of drug-likeness (QED) is 0.752. The molecule has 7 nitrogen and oxygen atoms in total. The number of hydrazine groups is 1. The average Bonchev–Trinajstić information content (AvgIpc) is 2.53. The number of rotatable bonds is 4. The molecule has 1 aliphatic heterocycles. The number of nitrogens with one attached hydrogen (secondary N) is 2. The largest absolute Gasteiger partial charge is 0.393 e. The van der Waals surface area contributed by atoms with E-state index in [-0.39, 0.29) is 0 Å². The Kier molecular flexibility index (Phi) is 4.94. The maximum absolute atomic E-state index is 6.21. The van der Waals surface area contributed by atoms with Crippen LogP contribution in [0.3, 0.4) is 0 Å². The highest BCUT2D eigenvalue weighted by molar-refractivity contribution is 9.10. The van der Waals surface area contributed by atoms with Crippen molar-refractivity contribution >= 4 is 38.9 Å². The van der Waals surface area contributed by atoms with Crippen LogP contribution >= 0.6 is 15.9 Å². The van der Waals surface area contributed by atoms with Gasteiger partial charge in [-0.2, -0.15) is 0 Å². The van der Waals surface area contributed by atoms with E-state index >= 15 is 0 Å². The zero-order valence-electron chi connectivity index (χ0n) is 13.0. The van der Waals surface area contributed by atoms with E-state index in [0.717, 1.165) is 36.3 Å². The second-order valence-electron chi connectivity index (χ2n) is 5.52. The molecule has 2 heterocycles. The van der Waals surface area contributed by atoms with Crippen molar-refractivity contribution in [3.05, 3.63) is 35.1 Å². The standard InChI is InChI=1S/C15H20BrN7/c1-22-5-7-23(8-6-22)21-15-13(17)14(18-10-19-15)20-12-4-2-3-11(16)9-12/h2-4,9-10H,5-8,17H2,1H3,(H2,18,19,20,21). The Hall–Kier alpha value is -1.90. The lowest BCUT2D eigenvalue weighted by Crippen LogP contribution is -2.47. The van der Waals surface area contributed by atoms with Gasteiger partial charge in [-0.05, 0) is 25.2 Å². The Morgan fingerprint density at radius 3 is 2.61 bits per heavy atom. The lowest BCUT2D eigenvalue weighted by Gasteiger charge is -2.32. The first kappa shape index (κ1) is 16.0. The van der Waals surface area contributed by atoms with Crippen molar-refractivity contribution in [1.29, 1.82) is 0 Å². The minimum atomic E-state index is 0.506. The summed E-state index contributed by atoms with van der Waals surface area (Å²) < 4.78 is 0.992. The molecule has 0 unspecified atom stereocenters. The molecule has 1 aromatic carbocycles. The average molecular weight is 378 g/mol. The van der Waals surface area contributed by atoms with Gasteiger partial charge in [0.25, 0.3) is 0 Å². The number of piperazine rings is 1. The summed E-state index contributed by atoms with van der Waals surface area (Å²) in [7, 11) is 2.12. The predicted octanol–water partition coefficient (Wildman–Crippen LogP) is 2.14. The number of hydrogen-bond donors (Lipinski definition) is 3. The molecular formula is C15H20BrN7. The Balaban J connectivity index is 1.73. The third kappa shape index (κ3) is 4.10. The molecule has 0 amide bonds. The van der Waals surface area contributed by atoms with Gasteiger partial charge in [-0.1, -0.05) is 22.0 Å². The van der Waals surface area contributed by atoms with Crippen LogP contribution in [0.4, 0.5) is 23.0 Å². The van der Waals surface area contributed by atoms with Crippen LogP contribution in [-0.4, -0.2) is 53.1 Å². The molecule has 0 radical (unpaired) electrons. The van der Waals surface area contributed by atoms with Crippen molar-refractivity contribution in [3.63, 3.8) is 0 Å². The van der Waals surface area contributed by atoms with Gasteiger partial charge in [0.05, 0.1) is 0 Å². The maximum atomic E-state index is 6.21. The molecule has 4 N–H and O–H groups in total. The zero-order chi connectivity index (χ0) is 16.2. The van der Waals surface area contributed by atoms with Crippen molar-refractivity contribution in [1.82, 2.24) is 19.9 Å². The van der Waals surface area contributed by atoms with Crippen LogP contribution in [0.2, 0.25) is 0 Å². The molecule has 1 fully saturated rings. The van der Waals surface area contributed by atoms with Crippen molar-refractivity contribution < 1.29 is 0 Å². The molecule has 0 spiro atoms. The second kappa shape index (κ2) is 7.12. The highest BCUT2D eigenvalue weighted by atomic mass is 79.9. The minimum Gasteiger partial charge on any atom is -0.393 e. The van der Waals surface area contributed by atoms with Gasteiger partial charge in [0.2, 0.25) is 0 Å². The van der Waals surface area contributed by atoms with Crippen molar-refractivity contribution in [2.75, 3.05) is 49.7 Å². The summed E-state index contributed by atoms with van der Waals surface area (Å²) in [4.78, 5) is 10.8. The highest BCUT2D eigenvalue weighted by Gasteiger charge is 2.16. The first-order valence-corrected chi connectivity index (χ1v) is 8.24. The SMILES string of the molecule is CN1CCN(Nc2ncnc(Nc3cccc(Br)c3)c2N)CC1. The number of aromatic nitrogens is 2. The fourth-order valence-corrected chi connectivity index (χ4v) is 2.75. The van der Waals surface area contributed by atoms with Gasteiger partial charge in [0.1, 0.15) is 12.0 Å². The Bertz CT molecular complexity index is 671. The second-order valence-corrected chi connectivity index (χ2v) is 6.44. The molecule has 0 bridgehead atoms. The lowest BCUT2D eigenvalue weighted by atomic mass is 10.3. The number of nitrogens with zero attached hydrogens (tertiary/aromatic N) is 4. The van der Waals surface area contributed by atoms with Gasteiger partial charge < -0.3 is 21.4 Å². The van der Waals surface area contributed by atoms with Gasteiger partial charge in [-0.25, -0.2) is 15.0 Å². The Morgan fingerprint density at radius 2 is 1.87 bits per heavy atom. The monoisotopic (exact) mass is 377 g/mol. The van der Waals surface area contributed by atoms with E-state index in [2.05, 4.69) is 53.6 Å². The van der Waals surface area contributed by atoms with E-state index in [9.17, 15) is 0 Å². The Labute approximate surface area is 144 Å². The van der Waals surface area contributed by atoms with Crippen LogP contribution in [0.5, 0.6) is 0 Å². The summed E-state index contributed by atoms with van der Waals surface area (Å²) in [6.07, 6.45) is 1.51. The smallest absolute Gasteiger partial charge is 0.169 e. The molecule has 8 heteroatoms. The van der Waals surface area contributed by atoms with Crippen molar-refractivity contribution in [2.24, 2.45) is 0 Å². The van der Waals surface area contributed by atoms with Crippen LogP contribution in [0.15, 0.2) is 35.1 Å². The van der Waals surface area contributed by atoms with E-state index in [1.165, 1.54) is 6.33 Å². The van der Waals surface area contributed by atoms with E-state index < -0.39 is 0 Å². The third-order valence-corrected chi connectivity index (χ3v) is 4.23. The summed E-state index contributed by atoms with van der Waals surface area (Å²) in [5.74, 6) is 1.22. The van der Waals surface area contributed by atoms with E-state index in [1.807, 2.05) is 24.3 Å². The molecule has 0 atom stereocenters. The molecule has 1 saturated heterocycles. The summed E-state index contributed by atoms with van der Waals surface area (Å²) >= 11 is 3.45. The number of likely N-dealkylation sites (N-methyl/N-ethyl adjacent to an activating group) is 1. The highest BCUT2D eigenvalue weighted by Crippen LogP contribution is 2.27. The first-order valence-electron chi connectivity index (χ1n) is 7.45. The molecule has 122 valence electrons. The first-order chi connectivity index (χ1) is 11.1. The molecule has 0 aliphatic carbocycles. The summed E-state index contributed by atoms with van der Waals surface area (Å²) in [5, 5.41) is 5.35. The summed E-state index contributed by atoms with van der Waals surface area (Å²) in [5.41, 5.74) is 10.9. The van der Waals surface area contributed by atoms with E-state index in [1.54, 1.807) is 0 Å². The molecule has 1 aromatic heterocycles. The maximum Gasteiger partial charge on any atom is 0.169 e. The van der Waals surface area contributed by atoms with Gasteiger partial charge in [-0.15, -0.1) is 0 Å².